The van der Waals surface area contributed by atoms with Gasteiger partial charge in [-0.25, -0.2) is 4.68 Å². The van der Waals surface area contributed by atoms with E-state index in [1.807, 2.05) is 4.68 Å². The Labute approximate surface area is 102 Å². The number of hydrogen-bond donors (Lipinski definition) is 1. The second kappa shape index (κ2) is 4.64. The highest BCUT2D eigenvalue weighted by Crippen LogP contribution is 2.27. The molecular formula is C12H22N4O. The summed E-state index contributed by atoms with van der Waals surface area (Å²) in [5.74, 6) is 1.19. The fourth-order valence-electron chi connectivity index (χ4n) is 2.40. The van der Waals surface area contributed by atoms with Crippen LogP contribution in [0.2, 0.25) is 0 Å². The minimum Gasteiger partial charge on any atom is -0.381 e. The molecule has 5 nitrogen and oxygen atoms in total. The van der Waals surface area contributed by atoms with E-state index in [0.29, 0.717) is 11.7 Å². The zero-order valence-electron chi connectivity index (χ0n) is 10.9. The van der Waals surface area contributed by atoms with Crippen LogP contribution < -0.4 is 5.73 Å². The Kier molecular flexibility index (Phi) is 3.38. The molecule has 0 atom stereocenters. The van der Waals surface area contributed by atoms with Crippen LogP contribution in [0.1, 0.15) is 39.3 Å². The van der Waals surface area contributed by atoms with Gasteiger partial charge in [0, 0.05) is 25.2 Å². The van der Waals surface area contributed by atoms with Crippen LogP contribution in [0.25, 0.3) is 0 Å². The lowest BCUT2D eigenvalue weighted by molar-refractivity contribution is 0.0594. The summed E-state index contributed by atoms with van der Waals surface area (Å²) in [6.45, 7) is 9.05. The van der Waals surface area contributed by atoms with Crippen LogP contribution in [0, 0.1) is 5.92 Å². The number of nitrogens with zero attached hydrogens (tertiary/aromatic N) is 3. The van der Waals surface area contributed by atoms with Crippen LogP contribution >= 0.6 is 0 Å². The number of rotatable bonds is 2. The summed E-state index contributed by atoms with van der Waals surface area (Å²) in [4.78, 5) is 0. The average molecular weight is 238 g/mol. The molecule has 0 amide bonds. The Balaban J connectivity index is 2.15. The van der Waals surface area contributed by atoms with Crippen molar-refractivity contribution in [2.45, 2.75) is 45.6 Å². The summed E-state index contributed by atoms with van der Waals surface area (Å²) in [6.07, 6.45) is 2.20. The Morgan fingerprint density at radius 2 is 2.00 bits per heavy atom. The molecule has 1 saturated heterocycles. The maximum absolute atomic E-state index is 5.91. The van der Waals surface area contributed by atoms with Gasteiger partial charge in [-0.15, -0.1) is 5.10 Å². The monoisotopic (exact) mass is 238 g/mol. The fourth-order valence-corrected chi connectivity index (χ4v) is 2.40. The second-order valence-electron chi connectivity index (χ2n) is 5.81. The lowest BCUT2D eigenvalue weighted by atomic mass is 9.91. The van der Waals surface area contributed by atoms with Crippen molar-refractivity contribution in [3.8, 4) is 0 Å². The third-order valence-electron chi connectivity index (χ3n) is 3.24. The largest absolute Gasteiger partial charge is 0.381 e. The van der Waals surface area contributed by atoms with Gasteiger partial charge in [-0.3, -0.25) is 0 Å². The van der Waals surface area contributed by atoms with Crippen LogP contribution in [-0.4, -0.2) is 28.2 Å². The highest BCUT2D eigenvalue weighted by atomic mass is 16.5. The van der Waals surface area contributed by atoms with E-state index in [1.54, 1.807) is 0 Å². The lowest BCUT2D eigenvalue weighted by Crippen LogP contribution is -2.25. The Morgan fingerprint density at radius 1 is 1.35 bits per heavy atom. The maximum atomic E-state index is 5.91. The Bertz CT molecular complexity index is 374. The number of aromatic nitrogens is 3. The van der Waals surface area contributed by atoms with Gasteiger partial charge in [0.15, 0.2) is 5.82 Å². The molecule has 1 aromatic heterocycles. The highest BCUT2D eigenvalue weighted by Gasteiger charge is 2.25. The molecule has 2 heterocycles. The van der Waals surface area contributed by atoms with Crippen molar-refractivity contribution < 1.29 is 4.74 Å². The quantitative estimate of drug-likeness (QED) is 0.849. The van der Waals surface area contributed by atoms with Gasteiger partial charge in [-0.1, -0.05) is 26.0 Å². The van der Waals surface area contributed by atoms with E-state index < -0.39 is 0 Å². The van der Waals surface area contributed by atoms with Crippen molar-refractivity contribution in [1.82, 2.24) is 15.0 Å². The molecule has 1 fully saturated rings. The van der Waals surface area contributed by atoms with Gasteiger partial charge in [0.05, 0.1) is 5.69 Å². The molecule has 2 rings (SSSR count). The lowest BCUT2D eigenvalue weighted by Gasteiger charge is -2.25. The van der Waals surface area contributed by atoms with Gasteiger partial charge >= 0.3 is 0 Å². The first-order valence-corrected chi connectivity index (χ1v) is 6.25. The zero-order valence-corrected chi connectivity index (χ0v) is 10.9. The molecule has 0 unspecified atom stereocenters. The van der Waals surface area contributed by atoms with Gasteiger partial charge in [0.1, 0.15) is 0 Å². The standard InChI is InChI=1S/C12H22N4O/c1-12(2,3)10-11(13)14-15-16(10)8-9-4-6-17-7-5-9/h9H,4-8,13H2,1-3H3. The maximum Gasteiger partial charge on any atom is 0.169 e. The predicted octanol–water partition coefficient (Wildman–Crippen LogP) is 1.58. The smallest absolute Gasteiger partial charge is 0.169 e. The molecular weight excluding hydrogens is 216 g/mol. The van der Waals surface area contributed by atoms with E-state index >= 15 is 0 Å². The summed E-state index contributed by atoms with van der Waals surface area (Å²) < 4.78 is 7.35. The summed E-state index contributed by atoms with van der Waals surface area (Å²) in [5, 5.41) is 8.19. The predicted molar refractivity (Wildman–Crippen MR) is 66.7 cm³/mol. The van der Waals surface area contributed by atoms with E-state index in [2.05, 4.69) is 31.1 Å². The fraction of sp³-hybridized carbons (Fsp3) is 0.833. The van der Waals surface area contributed by atoms with Crippen molar-refractivity contribution in [3.63, 3.8) is 0 Å². The molecule has 0 radical (unpaired) electrons. The first-order chi connectivity index (χ1) is 7.98. The van der Waals surface area contributed by atoms with E-state index in [-0.39, 0.29) is 5.41 Å². The van der Waals surface area contributed by atoms with E-state index in [4.69, 9.17) is 10.5 Å². The summed E-state index contributed by atoms with van der Waals surface area (Å²) in [6, 6.07) is 0. The van der Waals surface area contributed by atoms with Gasteiger partial charge in [0.25, 0.3) is 0 Å². The number of nitrogens with two attached hydrogens (primary N) is 1. The molecule has 1 aromatic rings. The number of nitrogen functional groups attached to an aromatic ring is 1. The van der Waals surface area contributed by atoms with Crippen LogP contribution in [0.3, 0.4) is 0 Å². The van der Waals surface area contributed by atoms with Gasteiger partial charge < -0.3 is 10.5 Å². The minimum atomic E-state index is -0.0151. The highest BCUT2D eigenvalue weighted by molar-refractivity contribution is 5.37. The zero-order chi connectivity index (χ0) is 12.5. The van der Waals surface area contributed by atoms with Crippen molar-refractivity contribution in [1.29, 1.82) is 0 Å². The molecule has 0 aliphatic carbocycles. The molecule has 1 aliphatic rings. The molecule has 1 aliphatic heterocycles. The van der Waals surface area contributed by atoms with Crippen molar-refractivity contribution >= 4 is 5.82 Å². The van der Waals surface area contributed by atoms with Crippen molar-refractivity contribution in [3.05, 3.63) is 5.69 Å². The molecule has 0 spiro atoms. The van der Waals surface area contributed by atoms with Crippen LogP contribution in [0.5, 0.6) is 0 Å². The second-order valence-corrected chi connectivity index (χ2v) is 5.81. The van der Waals surface area contributed by atoms with E-state index in [9.17, 15) is 0 Å². The van der Waals surface area contributed by atoms with E-state index in [0.717, 1.165) is 38.3 Å². The topological polar surface area (TPSA) is 66.0 Å². The molecule has 5 heteroatoms. The van der Waals surface area contributed by atoms with Crippen LogP contribution in [-0.2, 0) is 16.7 Å². The Morgan fingerprint density at radius 3 is 2.59 bits per heavy atom. The van der Waals surface area contributed by atoms with E-state index in [1.165, 1.54) is 0 Å². The van der Waals surface area contributed by atoms with Gasteiger partial charge in [-0.05, 0) is 18.8 Å². The summed E-state index contributed by atoms with van der Waals surface area (Å²) in [7, 11) is 0. The molecule has 0 bridgehead atoms. The van der Waals surface area contributed by atoms with Gasteiger partial charge in [-0.2, -0.15) is 0 Å². The number of ether oxygens (including phenoxy) is 1. The molecule has 2 N–H and O–H groups in total. The van der Waals surface area contributed by atoms with Crippen molar-refractivity contribution in [2.75, 3.05) is 18.9 Å². The SMILES string of the molecule is CC(C)(C)c1c(N)nnn1CC1CCOCC1. The third kappa shape index (κ3) is 2.77. The average Bonchev–Trinajstić information content (AvgIpc) is 2.60. The third-order valence-corrected chi connectivity index (χ3v) is 3.24. The van der Waals surface area contributed by atoms with Crippen LogP contribution in [0.15, 0.2) is 0 Å². The number of anilines is 1. The minimum absolute atomic E-state index is 0.0151. The Hall–Kier alpha value is -1.10. The van der Waals surface area contributed by atoms with Crippen molar-refractivity contribution in [2.24, 2.45) is 5.92 Å². The summed E-state index contributed by atoms with van der Waals surface area (Å²) in [5.41, 5.74) is 6.94. The molecule has 17 heavy (non-hydrogen) atoms. The molecule has 0 saturated carbocycles. The normalized spacial score (nSPS) is 18.5. The first-order valence-electron chi connectivity index (χ1n) is 6.25. The van der Waals surface area contributed by atoms with Crippen LogP contribution in [0.4, 0.5) is 5.82 Å². The first kappa shape index (κ1) is 12.4. The molecule has 0 aromatic carbocycles. The molecule has 96 valence electrons. The summed E-state index contributed by atoms with van der Waals surface area (Å²) >= 11 is 0. The van der Waals surface area contributed by atoms with Gasteiger partial charge in [0.2, 0.25) is 0 Å². The number of hydrogen-bond acceptors (Lipinski definition) is 4.